The number of carbonyl (C=O) groups excluding carboxylic acids is 3. The molecule has 0 saturated carbocycles. The lowest BCUT2D eigenvalue weighted by atomic mass is 10.1. The van der Waals surface area contributed by atoms with Crippen molar-refractivity contribution in [2.75, 3.05) is 22.1 Å². The van der Waals surface area contributed by atoms with Crippen LogP contribution in [0.1, 0.15) is 17.3 Å². The standard InChI is InChI=1S/C25H18Cl3N3O4/c1-2-35-20-9-4-3-8-19(20)30-23(32)14-6-5-7-15(12-14)29-22-21(28)24(33)31(25(22)34)16-10-11-17(26)18(27)13-16/h3-13,29H,2H2,1H3,(H,30,32). The van der Waals surface area contributed by atoms with Crippen LogP contribution in [0.2, 0.25) is 10.0 Å². The van der Waals surface area contributed by atoms with Gasteiger partial charge in [0.2, 0.25) is 0 Å². The highest BCUT2D eigenvalue weighted by Crippen LogP contribution is 2.34. The van der Waals surface area contributed by atoms with Crippen molar-refractivity contribution in [2.45, 2.75) is 6.92 Å². The molecule has 0 aliphatic carbocycles. The third kappa shape index (κ3) is 5.12. The minimum Gasteiger partial charge on any atom is -0.492 e. The predicted molar refractivity (Wildman–Crippen MR) is 137 cm³/mol. The van der Waals surface area contributed by atoms with E-state index in [2.05, 4.69) is 10.6 Å². The van der Waals surface area contributed by atoms with E-state index in [-0.39, 0.29) is 32.4 Å². The summed E-state index contributed by atoms with van der Waals surface area (Å²) in [5, 5.41) is 5.85. The number of imide groups is 1. The highest BCUT2D eigenvalue weighted by molar-refractivity contribution is 6.53. The van der Waals surface area contributed by atoms with Gasteiger partial charge in [-0.15, -0.1) is 0 Å². The van der Waals surface area contributed by atoms with Crippen LogP contribution in [0.25, 0.3) is 0 Å². The summed E-state index contributed by atoms with van der Waals surface area (Å²) in [6.07, 6.45) is 0. The summed E-state index contributed by atoms with van der Waals surface area (Å²) >= 11 is 18.2. The second kappa shape index (κ2) is 10.4. The van der Waals surface area contributed by atoms with Crippen LogP contribution in [0.4, 0.5) is 17.1 Å². The number of nitrogens with zero attached hydrogens (tertiary/aromatic N) is 1. The van der Waals surface area contributed by atoms with Crippen LogP contribution in [-0.2, 0) is 9.59 Å². The van der Waals surface area contributed by atoms with Crippen LogP contribution in [0.15, 0.2) is 77.5 Å². The number of ether oxygens (including phenoxy) is 1. The summed E-state index contributed by atoms with van der Waals surface area (Å²) in [6, 6.07) is 17.9. The molecule has 1 heterocycles. The number of amides is 3. The van der Waals surface area contributed by atoms with Crippen molar-refractivity contribution in [3.05, 3.63) is 93.1 Å². The first-order chi connectivity index (χ1) is 16.8. The van der Waals surface area contributed by atoms with Gasteiger partial charge in [0, 0.05) is 11.3 Å². The van der Waals surface area contributed by atoms with Crippen molar-refractivity contribution in [3.63, 3.8) is 0 Å². The van der Waals surface area contributed by atoms with E-state index in [1.807, 2.05) is 13.0 Å². The topological polar surface area (TPSA) is 87.7 Å². The lowest BCUT2D eigenvalue weighted by Gasteiger charge is -2.16. The molecule has 0 aromatic heterocycles. The Kier molecular flexibility index (Phi) is 7.31. The first-order valence-electron chi connectivity index (χ1n) is 10.4. The zero-order chi connectivity index (χ0) is 25.1. The van der Waals surface area contributed by atoms with Crippen molar-refractivity contribution in [1.82, 2.24) is 0 Å². The fourth-order valence-electron chi connectivity index (χ4n) is 3.40. The molecule has 0 spiro atoms. The van der Waals surface area contributed by atoms with Gasteiger partial charge in [0.15, 0.2) is 0 Å². The fourth-order valence-corrected chi connectivity index (χ4v) is 3.90. The highest BCUT2D eigenvalue weighted by Gasteiger charge is 2.39. The first kappa shape index (κ1) is 24.6. The van der Waals surface area contributed by atoms with Crippen LogP contribution >= 0.6 is 34.8 Å². The van der Waals surface area contributed by atoms with Gasteiger partial charge in [-0.25, -0.2) is 4.90 Å². The molecule has 0 fully saturated rings. The molecule has 0 bridgehead atoms. The van der Waals surface area contributed by atoms with Gasteiger partial charge >= 0.3 is 0 Å². The van der Waals surface area contributed by atoms with E-state index >= 15 is 0 Å². The molecule has 10 heteroatoms. The number of halogens is 3. The summed E-state index contributed by atoms with van der Waals surface area (Å²) in [6.45, 7) is 2.30. The maximum atomic E-state index is 13.0. The molecular weight excluding hydrogens is 513 g/mol. The van der Waals surface area contributed by atoms with E-state index in [0.29, 0.717) is 29.3 Å². The van der Waals surface area contributed by atoms with E-state index in [0.717, 1.165) is 4.90 Å². The van der Waals surface area contributed by atoms with Crippen molar-refractivity contribution >= 4 is 69.6 Å². The molecule has 3 amide bonds. The van der Waals surface area contributed by atoms with Gasteiger partial charge in [0.05, 0.1) is 28.0 Å². The summed E-state index contributed by atoms with van der Waals surface area (Å²) in [4.78, 5) is 39.5. The maximum Gasteiger partial charge on any atom is 0.283 e. The molecule has 3 aromatic carbocycles. The molecule has 0 atom stereocenters. The van der Waals surface area contributed by atoms with Crippen molar-refractivity contribution in [3.8, 4) is 5.75 Å². The Balaban J connectivity index is 1.54. The molecule has 1 aliphatic rings. The van der Waals surface area contributed by atoms with Crippen LogP contribution in [0.3, 0.4) is 0 Å². The largest absolute Gasteiger partial charge is 0.492 e. The average Bonchev–Trinajstić information content (AvgIpc) is 3.05. The molecule has 4 rings (SSSR count). The number of rotatable bonds is 7. The molecule has 178 valence electrons. The number of benzene rings is 3. The Morgan fingerprint density at radius 3 is 2.43 bits per heavy atom. The summed E-state index contributed by atoms with van der Waals surface area (Å²) in [5.41, 5.74) is 1.34. The van der Waals surface area contributed by atoms with E-state index in [4.69, 9.17) is 39.5 Å². The van der Waals surface area contributed by atoms with Crippen LogP contribution in [0.5, 0.6) is 5.75 Å². The average molecular weight is 531 g/mol. The molecule has 35 heavy (non-hydrogen) atoms. The summed E-state index contributed by atoms with van der Waals surface area (Å²) in [5.74, 6) is -1.21. The van der Waals surface area contributed by atoms with Crippen LogP contribution in [-0.4, -0.2) is 24.3 Å². The molecular formula is C25H18Cl3N3O4. The van der Waals surface area contributed by atoms with Crippen LogP contribution < -0.4 is 20.3 Å². The van der Waals surface area contributed by atoms with E-state index in [1.54, 1.807) is 36.4 Å². The molecule has 2 N–H and O–H groups in total. The first-order valence-corrected chi connectivity index (χ1v) is 11.6. The van der Waals surface area contributed by atoms with Gasteiger partial charge in [-0.1, -0.05) is 53.0 Å². The Hall–Kier alpha value is -3.52. The van der Waals surface area contributed by atoms with E-state index in [1.165, 1.54) is 24.3 Å². The Labute approximate surface area is 216 Å². The van der Waals surface area contributed by atoms with E-state index in [9.17, 15) is 14.4 Å². The summed E-state index contributed by atoms with van der Waals surface area (Å²) < 4.78 is 5.54. The molecule has 0 unspecified atom stereocenters. The lowest BCUT2D eigenvalue weighted by Crippen LogP contribution is -2.32. The van der Waals surface area contributed by atoms with Crippen molar-refractivity contribution in [2.24, 2.45) is 0 Å². The smallest absolute Gasteiger partial charge is 0.283 e. The second-order valence-electron chi connectivity index (χ2n) is 7.32. The Morgan fingerprint density at radius 2 is 1.69 bits per heavy atom. The van der Waals surface area contributed by atoms with Gasteiger partial charge in [0.25, 0.3) is 17.7 Å². The zero-order valence-corrected chi connectivity index (χ0v) is 20.5. The normalized spacial score (nSPS) is 13.3. The number of carbonyl (C=O) groups is 3. The quantitative estimate of drug-likeness (QED) is 0.362. The van der Waals surface area contributed by atoms with Gasteiger partial charge < -0.3 is 15.4 Å². The third-order valence-corrected chi connectivity index (χ3v) is 6.11. The van der Waals surface area contributed by atoms with E-state index < -0.39 is 11.8 Å². The fraction of sp³-hybridized carbons (Fsp3) is 0.0800. The third-order valence-electron chi connectivity index (χ3n) is 5.02. The number of hydrogen-bond donors (Lipinski definition) is 2. The highest BCUT2D eigenvalue weighted by atomic mass is 35.5. The van der Waals surface area contributed by atoms with Gasteiger partial charge in [-0.3, -0.25) is 14.4 Å². The molecule has 0 saturated heterocycles. The Morgan fingerprint density at radius 1 is 0.914 bits per heavy atom. The number of para-hydroxylation sites is 2. The Bertz CT molecular complexity index is 1370. The monoisotopic (exact) mass is 529 g/mol. The number of hydrogen-bond acceptors (Lipinski definition) is 5. The maximum absolute atomic E-state index is 13.0. The predicted octanol–water partition coefficient (Wildman–Crippen LogP) is 6.08. The lowest BCUT2D eigenvalue weighted by molar-refractivity contribution is -0.120. The summed E-state index contributed by atoms with van der Waals surface area (Å²) in [7, 11) is 0. The van der Waals surface area contributed by atoms with Gasteiger partial charge in [-0.2, -0.15) is 0 Å². The van der Waals surface area contributed by atoms with Gasteiger partial charge in [0.1, 0.15) is 16.5 Å². The molecule has 3 aromatic rings. The molecule has 7 nitrogen and oxygen atoms in total. The molecule has 0 radical (unpaired) electrons. The zero-order valence-electron chi connectivity index (χ0n) is 18.3. The number of anilines is 3. The number of nitrogens with one attached hydrogen (secondary N) is 2. The van der Waals surface area contributed by atoms with Gasteiger partial charge in [-0.05, 0) is 55.5 Å². The minimum absolute atomic E-state index is 0.123. The van der Waals surface area contributed by atoms with Crippen molar-refractivity contribution in [1.29, 1.82) is 0 Å². The minimum atomic E-state index is -0.709. The molecule has 1 aliphatic heterocycles. The van der Waals surface area contributed by atoms with Crippen molar-refractivity contribution < 1.29 is 19.1 Å². The second-order valence-corrected chi connectivity index (χ2v) is 8.51. The van der Waals surface area contributed by atoms with Crippen LogP contribution in [0, 0.1) is 0 Å². The SMILES string of the molecule is CCOc1ccccc1NC(=O)c1cccc(NC2=C(Cl)C(=O)N(c3ccc(Cl)c(Cl)c3)C2=O)c1.